The van der Waals surface area contributed by atoms with Gasteiger partial charge in [0.25, 0.3) is 0 Å². The number of ketones is 1. The molecular formula is C21H30O7. The zero-order valence-electron chi connectivity index (χ0n) is 16.5. The quantitative estimate of drug-likeness (QED) is 0.349. The van der Waals surface area contributed by atoms with Crippen LogP contribution in [-0.2, 0) is 9.47 Å². The molecule has 0 aliphatic carbocycles. The van der Waals surface area contributed by atoms with E-state index in [1.807, 2.05) is 6.92 Å². The summed E-state index contributed by atoms with van der Waals surface area (Å²) in [5, 5.41) is 30.7. The fourth-order valence-electron chi connectivity index (χ4n) is 3.80. The van der Waals surface area contributed by atoms with Crippen LogP contribution in [0.1, 0.15) is 44.2 Å². The number of epoxide rings is 1. The first kappa shape index (κ1) is 21.2. The van der Waals surface area contributed by atoms with Gasteiger partial charge in [-0.3, -0.25) is 4.79 Å². The number of furan rings is 1. The van der Waals surface area contributed by atoms with Gasteiger partial charge in [-0.1, -0.05) is 12.5 Å². The average molecular weight is 394 g/mol. The molecule has 3 heterocycles. The van der Waals surface area contributed by atoms with Gasteiger partial charge in [0.2, 0.25) is 5.78 Å². The molecule has 0 bridgehead atoms. The summed E-state index contributed by atoms with van der Waals surface area (Å²) in [6.07, 6.45) is 0.827. The summed E-state index contributed by atoms with van der Waals surface area (Å²) in [5.74, 6) is -0.175. The van der Waals surface area contributed by atoms with Crippen molar-refractivity contribution < 1.29 is 34.0 Å². The standard InChI is InChI=1S/C21H30O7/c1-11(7-15(23)16-5-4-6-26-16)8-17-20(25)19(24)14(10-27-17)9-18-21(28-18)12(2)13(3)22/h4-7,12-14,17-22,24-25H,8-10H2,1-3H3/b11-7+/t12-,13-,14-,17-,18-,19+,20-,21-/m0/s1. The number of rotatable bonds is 8. The van der Waals surface area contributed by atoms with Crippen LogP contribution in [-0.4, -0.2) is 64.3 Å². The summed E-state index contributed by atoms with van der Waals surface area (Å²) in [4.78, 5) is 12.1. The largest absolute Gasteiger partial charge is 0.461 e. The summed E-state index contributed by atoms with van der Waals surface area (Å²) in [6, 6.07) is 3.25. The molecule has 7 heteroatoms. The minimum atomic E-state index is -1.03. The van der Waals surface area contributed by atoms with E-state index in [2.05, 4.69) is 0 Å². The Balaban J connectivity index is 1.50. The summed E-state index contributed by atoms with van der Waals surface area (Å²) in [7, 11) is 0. The number of aliphatic hydroxyl groups excluding tert-OH is 3. The van der Waals surface area contributed by atoms with E-state index in [4.69, 9.17) is 13.9 Å². The Morgan fingerprint density at radius 1 is 1.29 bits per heavy atom. The predicted octanol–water partition coefficient (Wildman–Crippen LogP) is 1.71. The molecule has 156 valence electrons. The summed E-state index contributed by atoms with van der Waals surface area (Å²) >= 11 is 0. The van der Waals surface area contributed by atoms with Crippen LogP contribution in [0.15, 0.2) is 34.5 Å². The van der Waals surface area contributed by atoms with E-state index >= 15 is 0 Å². The fraction of sp³-hybridized carbons (Fsp3) is 0.667. The summed E-state index contributed by atoms with van der Waals surface area (Å²) < 4.78 is 16.5. The highest BCUT2D eigenvalue weighted by Crippen LogP contribution is 2.38. The van der Waals surface area contributed by atoms with E-state index in [1.54, 1.807) is 26.0 Å². The lowest BCUT2D eigenvalue weighted by molar-refractivity contribution is -0.165. The highest BCUT2D eigenvalue weighted by Gasteiger charge is 2.48. The van der Waals surface area contributed by atoms with Crippen molar-refractivity contribution in [3.05, 3.63) is 35.8 Å². The molecular weight excluding hydrogens is 364 g/mol. The lowest BCUT2D eigenvalue weighted by Gasteiger charge is -2.38. The van der Waals surface area contributed by atoms with Gasteiger partial charge in [-0.05, 0) is 44.9 Å². The van der Waals surface area contributed by atoms with E-state index in [1.165, 1.54) is 12.3 Å². The van der Waals surface area contributed by atoms with Crippen LogP contribution in [0.4, 0.5) is 0 Å². The highest BCUT2D eigenvalue weighted by atomic mass is 16.6. The van der Waals surface area contributed by atoms with Crippen LogP contribution in [0.2, 0.25) is 0 Å². The van der Waals surface area contributed by atoms with Crippen LogP contribution < -0.4 is 0 Å². The van der Waals surface area contributed by atoms with Crippen molar-refractivity contribution in [3.63, 3.8) is 0 Å². The molecule has 1 aromatic heterocycles. The Bertz CT molecular complexity index is 681. The van der Waals surface area contributed by atoms with Crippen molar-refractivity contribution >= 4 is 5.78 Å². The van der Waals surface area contributed by atoms with Gasteiger partial charge in [-0.2, -0.15) is 0 Å². The second-order valence-corrected chi connectivity index (χ2v) is 8.12. The zero-order valence-corrected chi connectivity index (χ0v) is 16.5. The van der Waals surface area contributed by atoms with Gasteiger partial charge >= 0.3 is 0 Å². The van der Waals surface area contributed by atoms with Gasteiger partial charge in [0.15, 0.2) is 5.76 Å². The van der Waals surface area contributed by atoms with Crippen molar-refractivity contribution in [2.45, 2.75) is 70.2 Å². The second-order valence-electron chi connectivity index (χ2n) is 8.12. The zero-order chi connectivity index (χ0) is 20.4. The molecule has 1 aromatic rings. The van der Waals surface area contributed by atoms with Gasteiger partial charge in [0.1, 0.15) is 6.10 Å². The molecule has 0 saturated carbocycles. The Morgan fingerprint density at radius 2 is 2.04 bits per heavy atom. The molecule has 3 rings (SSSR count). The normalized spacial score (nSPS) is 35.4. The molecule has 2 aliphatic heterocycles. The molecule has 7 nitrogen and oxygen atoms in total. The number of carbonyl (C=O) groups is 1. The lowest BCUT2D eigenvalue weighted by atomic mass is 9.85. The van der Waals surface area contributed by atoms with E-state index in [9.17, 15) is 20.1 Å². The Labute approximate surface area is 164 Å². The third-order valence-electron chi connectivity index (χ3n) is 5.84. The van der Waals surface area contributed by atoms with E-state index in [0.29, 0.717) is 19.4 Å². The number of hydrogen-bond donors (Lipinski definition) is 3. The third-order valence-corrected chi connectivity index (χ3v) is 5.84. The van der Waals surface area contributed by atoms with E-state index in [-0.39, 0.29) is 35.6 Å². The molecule has 8 atom stereocenters. The SMILES string of the molecule is C/C(=C\C(=O)c1ccco1)C[C@@H]1OC[C@H](C[C@@H]2O[C@H]2[C@@H](C)[C@H](C)O)[C@@H](O)[C@H]1O. The van der Waals surface area contributed by atoms with Crippen molar-refractivity contribution in [2.24, 2.45) is 11.8 Å². The maximum Gasteiger partial charge on any atom is 0.220 e. The number of aliphatic hydroxyl groups is 3. The Morgan fingerprint density at radius 3 is 2.68 bits per heavy atom. The second kappa shape index (κ2) is 8.88. The van der Waals surface area contributed by atoms with Crippen LogP contribution in [0.3, 0.4) is 0 Å². The van der Waals surface area contributed by atoms with Crippen LogP contribution in [0, 0.1) is 11.8 Å². The van der Waals surface area contributed by atoms with Gasteiger partial charge in [0, 0.05) is 11.8 Å². The average Bonchev–Trinajstić information content (AvgIpc) is 3.17. The molecule has 0 amide bonds. The minimum absolute atomic E-state index is 0.0140. The first-order valence-corrected chi connectivity index (χ1v) is 9.84. The van der Waals surface area contributed by atoms with Crippen molar-refractivity contribution in [3.8, 4) is 0 Å². The Kier molecular flexibility index (Phi) is 6.73. The van der Waals surface area contributed by atoms with E-state index in [0.717, 1.165) is 5.57 Å². The van der Waals surface area contributed by atoms with Gasteiger partial charge < -0.3 is 29.2 Å². The Hall–Kier alpha value is -1.51. The van der Waals surface area contributed by atoms with Crippen molar-refractivity contribution in [2.75, 3.05) is 6.61 Å². The summed E-state index contributed by atoms with van der Waals surface area (Å²) in [6.45, 7) is 5.78. The first-order chi connectivity index (χ1) is 13.3. The van der Waals surface area contributed by atoms with Gasteiger partial charge in [-0.25, -0.2) is 0 Å². The fourth-order valence-corrected chi connectivity index (χ4v) is 3.80. The minimum Gasteiger partial charge on any atom is -0.461 e. The maximum atomic E-state index is 12.1. The number of ether oxygens (including phenoxy) is 2. The van der Waals surface area contributed by atoms with Crippen LogP contribution >= 0.6 is 0 Å². The monoisotopic (exact) mass is 394 g/mol. The summed E-state index contributed by atoms with van der Waals surface area (Å²) in [5.41, 5.74) is 0.743. The first-order valence-electron chi connectivity index (χ1n) is 9.84. The number of carbonyl (C=O) groups excluding carboxylic acids is 1. The highest BCUT2D eigenvalue weighted by molar-refractivity contribution is 6.02. The van der Waals surface area contributed by atoms with Crippen molar-refractivity contribution in [1.29, 1.82) is 0 Å². The third kappa shape index (κ3) is 4.90. The molecule has 0 aromatic carbocycles. The van der Waals surface area contributed by atoms with Crippen LogP contribution in [0.5, 0.6) is 0 Å². The molecule has 28 heavy (non-hydrogen) atoms. The topological polar surface area (TPSA) is 113 Å². The van der Waals surface area contributed by atoms with Gasteiger partial charge in [-0.15, -0.1) is 0 Å². The molecule has 2 saturated heterocycles. The van der Waals surface area contributed by atoms with E-state index < -0.39 is 24.4 Å². The molecule has 0 spiro atoms. The molecule has 3 N–H and O–H groups in total. The molecule has 2 aliphatic rings. The number of hydrogen-bond acceptors (Lipinski definition) is 7. The smallest absolute Gasteiger partial charge is 0.220 e. The maximum absolute atomic E-state index is 12.1. The number of allylic oxidation sites excluding steroid dienone is 1. The lowest BCUT2D eigenvalue weighted by Crippen LogP contribution is -2.50. The molecule has 0 unspecified atom stereocenters. The molecule has 2 fully saturated rings. The predicted molar refractivity (Wildman–Crippen MR) is 101 cm³/mol. The van der Waals surface area contributed by atoms with Crippen molar-refractivity contribution in [1.82, 2.24) is 0 Å². The molecule has 0 radical (unpaired) electrons. The van der Waals surface area contributed by atoms with Crippen LogP contribution in [0.25, 0.3) is 0 Å². The van der Waals surface area contributed by atoms with Gasteiger partial charge in [0.05, 0.1) is 43.4 Å².